The maximum absolute atomic E-state index is 12.2. The molecule has 0 spiro atoms. The summed E-state index contributed by atoms with van der Waals surface area (Å²) < 4.78 is 0. The van der Waals surface area contributed by atoms with Gasteiger partial charge in [0.25, 0.3) is 0 Å². The normalized spacial score (nSPS) is 21.9. The highest BCUT2D eigenvalue weighted by atomic mass is 32.2. The van der Waals surface area contributed by atoms with Gasteiger partial charge in [-0.3, -0.25) is 4.90 Å². The second-order valence-electron chi connectivity index (χ2n) is 4.48. The van der Waals surface area contributed by atoms with Crippen LogP contribution in [0.3, 0.4) is 0 Å². The van der Waals surface area contributed by atoms with Crippen molar-refractivity contribution in [3.05, 3.63) is 18.2 Å². The molecule has 7 nitrogen and oxygen atoms in total. The summed E-state index contributed by atoms with van der Waals surface area (Å²) in [6.07, 6.45) is 4.71. The van der Waals surface area contributed by atoms with Gasteiger partial charge in [-0.2, -0.15) is 0 Å². The Bertz CT molecular complexity index is 465. The second-order valence-corrected chi connectivity index (χ2v) is 5.69. The number of amides is 2. The average molecular weight is 298 g/mol. The number of carbonyl (C=O) groups is 2. The molecule has 1 fully saturated rings. The molecule has 0 bridgehead atoms. The van der Waals surface area contributed by atoms with Crippen LogP contribution < -0.4 is 5.32 Å². The van der Waals surface area contributed by atoms with Crippen LogP contribution in [-0.4, -0.2) is 55.7 Å². The van der Waals surface area contributed by atoms with E-state index in [4.69, 9.17) is 0 Å². The number of nitrogens with one attached hydrogen (secondary N) is 2. The van der Waals surface area contributed by atoms with Crippen molar-refractivity contribution in [3.63, 3.8) is 0 Å². The summed E-state index contributed by atoms with van der Waals surface area (Å²) in [7, 11) is 0. The molecule has 1 aliphatic rings. The number of H-pyrrole nitrogens is 1. The van der Waals surface area contributed by atoms with Crippen molar-refractivity contribution >= 4 is 23.8 Å². The van der Waals surface area contributed by atoms with E-state index in [9.17, 15) is 14.7 Å². The first-order valence-electron chi connectivity index (χ1n) is 6.52. The molecule has 2 atom stereocenters. The monoisotopic (exact) mass is 298 g/mol. The Morgan fingerprint density at radius 1 is 1.65 bits per heavy atom. The number of aromatic amines is 1. The largest absolute Gasteiger partial charge is 0.480 e. The fraction of sp³-hybridized carbons (Fsp3) is 0.583. The molecular weight excluding hydrogens is 280 g/mol. The van der Waals surface area contributed by atoms with Gasteiger partial charge in [-0.1, -0.05) is 6.92 Å². The summed E-state index contributed by atoms with van der Waals surface area (Å²) in [6, 6.07) is -1.06. The summed E-state index contributed by atoms with van der Waals surface area (Å²) in [5, 5.41) is 11.9. The molecule has 0 radical (unpaired) electrons. The highest BCUT2D eigenvalue weighted by Gasteiger charge is 2.40. The van der Waals surface area contributed by atoms with Crippen LogP contribution in [0.1, 0.15) is 19.2 Å². The number of hydrogen-bond acceptors (Lipinski definition) is 4. The first-order valence-corrected chi connectivity index (χ1v) is 7.57. The first-order chi connectivity index (χ1) is 9.63. The predicted molar refractivity (Wildman–Crippen MR) is 75.5 cm³/mol. The van der Waals surface area contributed by atoms with E-state index in [0.717, 1.165) is 12.2 Å². The van der Waals surface area contributed by atoms with Crippen LogP contribution in [0.25, 0.3) is 0 Å². The van der Waals surface area contributed by atoms with Crippen molar-refractivity contribution in [2.24, 2.45) is 0 Å². The van der Waals surface area contributed by atoms with E-state index in [-0.39, 0.29) is 11.4 Å². The van der Waals surface area contributed by atoms with E-state index in [1.165, 1.54) is 16.7 Å². The zero-order valence-corrected chi connectivity index (χ0v) is 12.0. The van der Waals surface area contributed by atoms with Gasteiger partial charge in [0.1, 0.15) is 11.9 Å². The van der Waals surface area contributed by atoms with Gasteiger partial charge in [0.2, 0.25) is 0 Å². The van der Waals surface area contributed by atoms with Crippen LogP contribution in [0.5, 0.6) is 0 Å². The highest BCUT2D eigenvalue weighted by molar-refractivity contribution is 8.00. The van der Waals surface area contributed by atoms with Gasteiger partial charge in [0.05, 0.1) is 5.37 Å². The van der Waals surface area contributed by atoms with Crippen molar-refractivity contribution in [2.45, 2.75) is 31.2 Å². The smallest absolute Gasteiger partial charge is 0.327 e. The fourth-order valence-electron chi connectivity index (χ4n) is 2.15. The number of imidazole rings is 1. The second kappa shape index (κ2) is 6.65. The molecule has 110 valence electrons. The predicted octanol–water partition coefficient (Wildman–Crippen LogP) is 0.900. The first kappa shape index (κ1) is 14.7. The third-order valence-corrected chi connectivity index (χ3v) is 4.61. The van der Waals surface area contributed by atoms with Gasteiger partial charge in [-0.15, -0.1) is 11.8 Å². The number of aliphatic carboxylic acids is 1. The van der Waals surface area contributed by atoms with Gasteiger partial charge >= 0.3 is 12.0 Å². The summed E-state index contributed by atoms with van der Waals surface area (Å²) in [5.41, 5.74) is 0. The molecule has 1 saturated heterocycles. The van der Waals surface area contributed by atoms with E-state index in [1.807, 2.05) is 6.92 Å². The molecular formula is C12H18N4O3S. The Morgan fingerprint density at radius 2 is 2.45 bits per heavy atom. The molecule has 1 aromatic rings. The number of rotatable bonds is 5. The minimum atomic E-state index is -0.949. The number of carboxylic acid groups (broad SMARTS) is 1. The Labute approximate surface area is 121 Å². The van der Waals surface area contributed by atoms with Crippen molar-refractivity contribution in [1.29, 1.82) is 0 Å². The lowest BCUT2D eigenvalue weighted by Crippen LogP contribution is -2.50. The highest BCUT2D eigenvalue weighted by Crippen LogP contribution is 2.31. The molecule has 0 saturated carbocycles. The number of carboxylic acids is 1. The van der Waals surface area contributed by atoms with Crippen LogP contribution >= 0.6 is 11.8 Å². The van der Waals surface area contributed by atoms with Crippen LogP contribution in [0.15, 0.2) is 12.4 Å². The topological polar surface area (TPSA) is 98.3 Å². The molecule has 8 heteroatoms. The SMILES string of the molecule is CCC1SCC(C(=O)O)N1C(=O)NCCc1ncc[nH]1. The number of hydrogen-bond donors (Lipinski definition) is 3. The van der Waals surface area contributed by atoms with Gasteiger partial charge in [0, 0.05) is 31.1 Å². The van der Waals surface area contributed by atoms with E-state index in [1.54, 1.807) is 12.4 Å². The Kier molecular flexibility index (Phi) is 4.89. The lowest BCUT2D eigenvalue weighted by Gasteiger charge is -2.26. The molecule has 0 aromatic carbocycles. The molecule has 2 amide bonds. The van der Waals surface area contributed by atoms with Crippen molar-refractivity contribution in [1.82, 2.24) is 20.2 Å². The molecule has 2 rings (SSSR count). The lowest BCUT2D eigenvalue weighted by atomic mass is 10.3. The minimum absolute atomic E-state index is 0.0697. The Morgan fingerprint density at radius 3 is 3.05 bits per heavy atom. The maximum atomic E-state index is 12.2. The Balaban J connectivity index is 1.90. The fourth-order valence-corrected chi connectivity index (χ4v) is 3.50. The molecule has 1 aliphatic heterocycles. The third kappa shape index (κ3) is 3.24. The average Bonchev–Trinajstić information content (AvgIpc) is 3.07. The van der Waals surface area contributed by atoms with Crippen LogP contribution in [0.4, 0.5) is 4.79 Å². The molecule has 0 aliphatic carbocycles. The van der Waals surface area contributed by atoms with Crippen molar-refractivity contribution < 1.29 is 14.7 Å². The maximum Gasteiger partial charge on any atom is 0.327 e. The van der Waals surface area contributed by atoms with E-state index in [0.29, 0.717) is 18.7 Å². The minimum Gasteiger partial charge on any atom is -0.480 e. The van der Waals surface area contributed by atoms with E-state index >= 15 is 0 Å². The van der Waals surface area contributed by atoms with Crippen LogP contribution in [0.2, 0.25) is 0 Å². The van der Waals surface area contributed by atoms with Gasteiger partial charge in [-0.05, 0) is 6.42 Å². The molecule has 3 N–H and O–H groups in total. The molecule has 20 heavy (non-hydrogen) atoms. The van der Waals surface area contributed by atoms with Gasteiger partial charge < -0.3 is 15.4 Å². The number of aromatic nitrogens is 2. The molecule has 2 heterocycles. The quantitative estimate of drug-likeness (QED) is 0.750. The number of thioether (sulfide) groups is 1. The van der Waals surface area contributed by atoms with Crippen molar-refractivity contribution in [2.75, 3.05) is 12.3 Å². The van der Waals surface area contributed by atoms with Gasteiger partial charge in [-0.25, -0.2) is 14.6 Å². The number of nitrogens with zero attached hydrogens (tertiary/aromatic N) is 2. The summed E-state index contributed by atoms with van der Waals surface area (Å²) in [4.78, 5) is 31.8. The molecule has 2 unspecified atom stereocenters. The molecule has 1 aromatic heterocycles. The van der Waals surface area contributed by atoms with Crippen molar-refractivity contribution in [3.8, 4) is 0 Å². The summed E-state index contributed by atoms with van der Waals surface area (Å²) in [5.74, 6) is 0.289. The van der Waals surface area contributed by atoms with E-state index in [2.05, 4.69) is 15.3 Å². The lowest BCUT2D eigenvalue weighted by molar-refractivity contribution is -0.141. The zero-order chi connectivity index (χ0) is 14.5. The third-order valence-electron chi connectivity index (χ3n) is 3.15. The standard InChI is InChI=1S/C12H18N4O3S/c1-2-10-16(8(7-20-10)11(17)18)12(19)15-4-3-9-13-5-6-14-9/h5-6,8,10H,2-4,7H2,1H3,(H,13,14)(H,15,19)(H,17,18). The number of carbonyl (C=O) groups excluding carboxylic acids is 1. The summed E-state index contributed by atoms with van der Waals surface area (Å²) in [6.45, 7) is 2.38. The zero-order valence-electron chi connectivity index (χ0n) is 11.2. The van der Waals surface area contributed by atoms with Gasteiger partial charge in [0.15, 0.2) is 0 Å². The Hall–Kier alpha value is -1.70. The number of urea groups is 1. The van der Waals surface area contributed by atoms with Crippen LogP contribution in [-0.2, 0) is 11.2 Å². The van der Waals surface area contributed by atoms with Crippen LogP contribution in [0, 0.1) is 0 Å². The van der Waals surface area contributed by atoms with E-state index < -0.39 is 12.0 Å². The summed E-state index contributed by atoms with van der Waals surface area (Å²) >= 11 is 1.51.